The van der Waals surface area contributed by atoms with E-state index in [2.05, 4.69) is 0 Å². The predicted molar refractivity (Wildman–Crippen MR) is 87.2 cm³/mol. The van der Waals surface area contributed by atoms with Crippen molar-refractivity contribution in [2.24, 2.45) is 0 Å². The molecule has 0 N–H and O–H groups in total. The molecule has 2 amide bonds. The van der Waals surface area contributed by atoms with Crippen molar-refractivity contribution in [1.82, 2.24) is 4.90 Å². The molecule has 118 valence electrons. The highest BCUT2D eigenvalue weighted by atomic mass is 32.2. The zero-order valence-electron chi connectivity index (χ0n) is 12.5. The minimum Gasteiger partial charge on any atom is -0.618 e. The number of pyridine rings is 1. The second-order valence-corrected chi connectivity index (χ2v) is 6.34. The van der Waals surface area contributed by atoms with Crippen molar-refractivity contribution in [1.29, 1.82) is 0 Å². The van der Waals surface area contributed by atoms with E-state index in [0.29, 0.717) is 22.7 Å². The zero-order chi connectivity index (χ0) is 16.2. The van der Waals surface area contributed by atoms with E-state index in [4.69, 9.17) is 0 Å². The number of unbranched alkanes of at least 4 members (excludes halogenated alkanes) is 1. The number of imide groups is 1. The molecule has 0 aliphatic carbocycles. The summed E-state index contributed by atoms with van der Waals surface area (Å²) in [5.74, 6) is 0.354. The van der Waals surface area contributed by atoms with Crippen LogP contribution in [-0.4, -0.2) is 29.0 Å². The van der Waals surface area contributed by atoms with E-state index in [1.807, 2.05) is 6.07 Å². The Morgan fingerprint density at radius 3 is 2.26 bits per heavy atom. The molecule has 0 atom stereocenters. The van der Waals surface area contributed by atoms with Crippen LogP contribution in [0.2, 0.25) is 0 Å². The molecule has 0 fully saturated rings. The summed E-state index contributed by atoms with van der Waals surface area (Å²) >= 11 is 1.48. The van der Waals surface area contributed by atoms with Gasteiger partial charge >= 0.3 is 0 Å². The Bertz CT molecular complexity index is 713. The summed E-state index contributed by atoms with van der Waals surface area (Å²) < 4.78 is 0.842. The van der Waals surface area contributed by atoms with Gasteiger partial charge in [0.1, 0.15) is 0 Å². The number of carbonyl (C=O) groups excluding carboxylic acids is 2. The molecule has 3 rings (SSSR count). The minimum absolute atomic E-state index is 0.210. The topological polar surface area (TPSA) is 64.3 Å². The van der Waals surface area contributed by atoms with Crippen molar-refractivity contribution in [2.75, 3.05) is 12.3 Å². The first-order valence-corrected chi connectivity index (χ1v) is 8.43. The highest BCUT2D eigenvalue weighted by molar-refractivity contribution is 7.99. The fourth-order valence-corrected chi connectivity index (χ4v) is 3.44. The van der Waals surface area contributed by atoms with Gasteiger partial charge in [0.25, 0.3) is 16.8 Å². The molecule has 1 aliphatic rings. The molecule has 0 unspecified atom stereocenters. The highest BCUT2D eigenvalue weighted by Crippen LogP contribution is 2.23. The predicted octanol–water partition coefficient (Wildman–Crippen LogP) is 2.49. The maximum atomic E-state index is 12.2. The molecule has 2 heterocycles. The van der Waals surface area contributed by atoms with Crippen molar-refractivity contribution >= 4 is 23.6 Å². The van der Waals surface area contributed by atoms with Gasteiger partial charge < -0.3 is 5.21 Å². The second-order valence-electron chi connectivity index (χ2n) is 5.23. The molecular formula is C17H16N2O3S. The number of aromatic nitrogens is 1. The smallest absolute Gasteiger partial charge is 0.261 e. The number of hydrogen-bond donors (Lipinski definition) is 0. The molecule has 23 heavy (non-hydrogen) atoms. The lowest BCUT2D eigenvalue weighted by atomic mass is 10.1. The van der Waals surface area contributed by atoms with Crippen LogP contribution < -0.4 is 4.73 Å². The molecule has 2 aromatic rings. The van der Waals surface area contributed by atoms with Crippen molar-refractivity contribution in [3.8, 4) is 0 Å². The Hall–Kier alpha value is -2.34. The monoisotopic (exact) mass is 328 g/mol. The number of thioether (sulfide) groups is 1. The van der Waals surface area contributed by atoms with Crippen LogP contribution >= 0.6 is 11.8 Å². The quantitative estimate of drug-likeness (QED) is 0.269. The van der Waals surface area contributed by atoms with Gasteiger partial charge in [0, 0.05) is 24.4 Å². The van der Waals surface area contributed by atoms with Crippen LogP contribution in [0.15, 0.2) is 53.7 Å². The Labute approximate surface area is 138 Å². The summed E-state index contributed by atoms with van der Waals surface area (Å²) in [6.45, 7) is 0.416. The molecule has 0 spiro atoms. The Balaban J connectivity index is 1.48. The highest BCUT2D eigenvalue weighted by Gasteiger charge is 2.34. The van der Waals surface area contributed by atoms with E-state index >= 15 is 0 Å². The molecule has 0 saturated heterocycles. The van der Waals surface area contributed by atoms with Gasteiger partial charge in [0.05, 0.1) is 11.1 Å². The molecule has 0 radical (unpaired) electrons. The second kappa shape index (κ2) is 6.83. The molecule has 5 nitrogen and oxygen atoms in total. The van der Waals surface area contributed by atoms with Gasteiger partial charge in [0.2, 0.25) is 0 Å². The molecule has 1 aromatic carbocycles. The number of amides is 2. The van der Waals surface area contributed by atoms with Gasteiger partial charge in [-0.15, -0.1) is 0 Å². The van der Waals surface area contributed by atoms with Crippen molar-refractivity contribution < 1.29 is 14.3 Å². The number of hydrogen-bond acceptors (Lipinski definition) is 4. The van der Waals surface area contributed by atoms with E-state index in [9.17, 15) is 14.8 Å². The van der Waals surface area contributed by atoms with Crippen molar-refractivity contribution in [3.05, 3.63) is 65.0 Å². The fraction of sp³-hybridized carbons (Fsp3) is 0.235. The van der Waals surface area contributed by atoms with E-state index < -0.39 is 0 Å². The van der Waals surface area contributed by atoms with Crippen molar-refractivity contribution in [3.63, 3.8) is 0 Å². The maximum Gasteiger partial charge on any atom is 0.261 e. The number of nitrogens with zero attached hydrogens (tertiary/aromatic N) is 2. The summed E-state index contributed by atoms with van der Waals surface area (Å²) in [6.07, 6.45) is 3.03. The lowest BCUT2D eigenvalue weighted by Crippen LogP contribution is -2.30. The van der Waals surface area contributed by atoms with Crippen LogP contribution in [0, 0.1) is 5.21 Å². The molecule has 0 bridgehead atoms. The molecule has 1 aliphatic heterocycles. The normalized spacial score (nSPS) is 13.5. The largest absolute Gasteiger partial charge is 0.618 e. The first-order valence-electron chi connectivity index (χ1n) is 7.44. The summed E-state index contributed by atoms with van der Waals surface area (Å²) in [6, 6.07) is 12.2. The van der Waals surface area contributed by atoms with Crippen LogP contribution in [0.4, 0.5) is 0 Å². The first kappa shape index (κ1) is 15.6. The number of carbonyl (C=O) groups is 2. The van der Waals surface area contributed by atoms with Crippen LogP contribution in [0.25, 0.3) is 0 Å². The van der Waals surface area contributed by atoms with E-state index in [0.717, 1.165) is 23.3 Å². The summed E-state index contributed by atoms with van der Waals surface area (Å²) in [5.41, 5.74) is 0.979. The molecule has 0 saturated carbocycles. The van der Waals surface area contributed by atoms with Gasteiger partial charge in [-0.05, 0) is 31.0 Å². The van der Waals surface area contributed by atoms with E-state index in [-0.39, 0.29) is 11.8 Å². The number of fused-ring (bicyclic) bond motifs is 1. The third-order valence-electron chi connectivity index (χ3n) is 3.69. The molecule has 6 heteroatoms. The lowest BCUT2D eigenvalue weighted by molar-refractivity contribution is -0.645. The van der Waals surface area contributed by atoms with Crippen LogP contribution in [0.1, 0.15) is 33.6 Å². The third-order valence-corrected chi connectivity index (χ3v) is 4.80. The number of benzene rings is 1. The molecule has 1 aromatic heterocycles. The number of rotatable bonds is 6. The average Bonchev–Trinajstić information content (AvgIpc) is 2.81. The van der Waals surface area contributed by atoms with Crippen LogP contribution in [0.3, 0.4) is 0 Å². The van der Waals surface area contributed by atoms with Gasteiger partial charge in [-0.25, -0.2) is 0 Å². The first-order chi connectivity index (χ1) is 11.2. The van der Waals surface area contributed by atoms with Gasteiger partial charge in [-0.2, -0.15) is 4.73 Å². The Morgan fingerprint density at radius 1 is 0.957 bits per heavy atom. The van der Waals surface area contributed by atoms with Gasteiger partial charge in [-0.3, -0.25) is 14.5 Å². The average molecular weight is 328 g/mol. The summed E-state index contributed by atoms with van der Waals surface area (Å²) in [7, 11) is 0. The fourth-order valence-electron chi connectivity index (χ4n) is 2.52. The Morgan fingerprint density at radius 2 is 1.61 bits per heavy atom. The van der Waals surface area contributed by atoms with Gasteiger partial charge in [-0.1, -0.05) is 23.9 Å². The summed E-state index contributed by atoms with van der Waals surface area (Å²) in [4.78, 5) is 25.7. The third kappa shape index (κ3) is 3.22. The lowest BCUT2D eigenvalue weighted by Gasteiger charge is -2.13. The molecular weight excluding hydrogens is 312 g/mol. The van der Waals surface area contributed by atoms with E-state index in [1.165, 1.54) is 22.9 Å². The Kier molecular flexibility index (Phi) is 4.62. The maximum absolute atomic E-state index is 12.2. The SMILES string of the molecule is O=C1c2ccccc2C(=O)N1CCCCSc1cccc[n+]1[O-]. The van der Waals surface area contributed by atoms with Crippen LogP contribution in [0.5, 0.6) is 0 Å². The van der Waals surface area contributed by atoms with Gasteiger partial charge in [0.15, 0.2) is 6.20 Å². The van der Waals surface area contributed by atoms with Crippen molar-refractivity contribution in [2.45, 2.75) is 17.9 Å². The standard InChI is InChI=1S/C17H16N2O3S/c20-16-13-7-1-2-8-14(13)17(21)18(16)10-5-6-12-23-15-9-3-4-11-19(15)22/h1-4,7-9,11H,5-6,10,12H2. The van der Waals surface area contributed by atoms with Crippen LogP contribution in [-0.2, 0) is 0 Å². The summed E-state index contributed by atoms with van der Waals surface area (Å²) in [5, 5.41) is 12.2. The van der Waals surface area contributed by atoms with E-state index in [1.54, 1.807) is 36.4 Å². The minimum atomic E-state index is -0.210. The zero-order valence-corrected chi connectivity index (χ0v) is 13.3.